The molecule has 5 aromatic rings. The first-order chi connectivity index (χ1) is 17.5. The van der Waals surface area contributed by atoms with E-state index in [0.717, 1.165) is 5.69 Å². The number of nitrogens with zero attached hydrogens (tertiary/aromatic N) is 6. The fraction of sp³-hybridized carbons (Fsp3) is 0.0400. The van der Waals surface area contributed by atoms with Gasteiger partial charge in [0, 0.05) is 35.5 Å². The zero-order chi connectivity index (χ0) is 25.1. The number of nitro groups is 1. The van der Waals surface area contributed by atoms with E-state index in [1.165, 1.54) is 47.7 Å². The van der Waals surface area contributed by atoms with Gasteiger partial charge in [-0.2, -0.15) is 10.2 Å². The minimum Gasteiger partial charge on any atom is -0.348 e. The highest BCUT2D eigenvalue weighted by atomic mass is 19.1. The van der Waals surface area contributed by atoms with E-state index < -0.39 is 10.8 Å². The van der Waals surface area contributed by atoms with Gasteiger partial charge in [-0.25, -0.2) is 18.7 Å². The van der Waals surface area contributed by atoms with Gasteiger partial charge in [-0.15, -0.1) is 0 Å². The number of para-hydroxylation sites is 1. The van der Waals surface area contributed by atoms with E-state index in [9.17, 15) is 19.3 Å². The molecule has 2 aromatic heterocycles. The molecule has 10 nitrogen and oxygen atoms in total. The maximum atomic E-state index is 13.5. The van der Waals surface area contributed by atoms with Gasteiger partial charge in [-0.3, -0.25) is 14.9 Å². The molecule has 36 heavy (non-hydrogen) atoms. The van der Waals surface area contributed by atoms with E-state index in [0.29, 0.717) is 16.8 Å². The van der Waals surface area contributed by atoms with Crippen LogP contribution in [0.2, 0.25) is 0 Å². The molecule has 0 atom stereocenters. The summed E-state index contributed by atoms with van der Waals surface area (Å²) in [6.07, 6.45) is 4.38. The summed E-state index contributed by atoms with van der Waals surface area (Å²) in [7, 11) is 0. The summed E-state index contributed by atoms with van der Waals surface area (Å²) < 4.78 is 16.4. The average molecular weight is 483 g/mol. The average Bonchev–Trinajstić information content (AvgIpc) is 3.59. The molecule has 0 aliphatic heterocycles. The lowest BCUT2D eigenvalue weighted by atomic mass is 10.1. The third kappa shape index (κ3) is 4.57. The van der Waals surface area contributed by atoms with Crippen LogP contribution in [0.25, 0.3) is 22.6 Å². The van der Waals surface area contributed by atoms with Gasteiger partial charge >= 0.3 is 0 Å². The lowest BCUT2D eigenvalue weighted by molar-refractivity contribution is -0.384. The number of amides is 1. The van der Waals surface area contributed by atoms with Crippen molar-refractivity contribution in [1.82, 2.24) is 29.9 Å². The molecule has 1 amide bonds. The standard InChI is InChI=1S/C25H18FN7O3/c26-20-9-6-17(7-10-20)24-19(14-31(30-24)21-4-2-1-3-5-21)13-28-25(34)18-8-11-22(23(12-18)33(35)36)32-16-27-15-29-32/h1-12,14-16H,13H2,(H,28,34). The monoisotopic (exact) mass is 483 g/mol. The number of benzene rings is 3. The van der Waals surface area contributed by atoms with Gasteiger partial charge in [0.15, 0.2) is 0 Å². The van der Waals surface area contributed by atoms with Crippen molar-refractivity contribution in [2.24, 2.45) is 0 Å². The Morgan fingerprint density at radius 1 is 1.03 bits per heavy atom. The predicted octanol–water partition coefficient (Wildman–Crippen LogP) is 4.10. The zero-order valence-corrected chi connectivity index (χ0v) is 18.7. The molecule has 11 heteroatoms. The van der Waals surface area contributed by atoms with Crippen molar-refractivity contribution < 1.29 is 14.1 Å². The SMILES string of the molecule is O=C(NCc1cn(-c2ccccc2)nc1-c1ccc(F)cc1)c1ccc(-n2cncn2)c([N+](=O)[O-])c1. The molecule has 0 fully saturated rings. The van der Waals surface area contributed by atoms with Crippen molar-refractivity contribution in [3.05, 3.63) is 119 Å². The smallest absolute Gasteiger partial charge is 0.295 e. The minimum absolute atomic E-state index is 0.0942. The van der Waals surface area contributed by atoms with E-state index >= 15 is 0 Å². The molecule has 2 heterocycles. The quantitative estimate of drug-likeness (QED) is 0.275. The van der Waals surface area contributed by atoms with E-state index in [1.54, 1.807) is 23.0 Å². The van der Waals surface area contributed by atoms with E-state index in [4.69, 9.17) is 0 Å². The second kappa shape index (κ2) is 9.58. The fourth-order valence-corrected chi connectivity index (χ4v) is 3.72. The van der Waals surface area contributed by atoms with Crippen molar-refractivity contribution in [3.63, 3.8) is 0 Å². The summed E-state index contributed by atoms with van der Waals surface area (Å²) in [6, 6.07) is 19.5. The van der Waals surface area contributed by atoms with Crippen LogP contribution in [0, 0.1) is 15.9 Å². The lowest BCUT2D eigenvalue weighted by Gasteiger charge is -2.08. The number of nitrogens with one attached hydrogen (secondary N) is 1. The second-order valence-electron chi connectivity index (χ2n) is 7.77. The summed E-state index contributed by atoms with van der Waals surface area (Å²) in [5, 5.41) is 23.0. The minimum atomic E-state index is -0.579. The Morgan fingerprint density at radius 3 is 2.50 bits per heavy atom. The van der Waals surface area contributed by atoms with Crippen molar-refractivity contribution in [3.8, 4) is 22.6 Å². The van der Waals surface area contributed by atoms with E-state index in [2.05, 4.69) is 20.5 Å². The molecule has 5 rings (SSSR count). The molecular formula is C25H18FN7O3. The van der Waals surface area contributed by atoms with Gasteiger partial charge in [-0.1, -0.05) is 18.2 Å². The summed E-state index contributed by atoms with van der Waals surface area (Å²) in [5.41, 5.74) is 2.79. The molecule has 1 N–H and O–H groups in total. The maximum absolute atomic E-state index is 13.5. The second-order valence-corrected chi connectivity index (χ2v) is 7.77. The summed E-state index contributed by atoms with van der Waals surface area (Å²) in [6.45, 7) is 0.0942. The van der Waals surface area contributed by atoms with Crippen LogP contribution in [0.3, 0.4) is 0 Å². The number of aromatic nitrogens is 5. The normalized spacial score (nSPS) is 10.8. The Hall–Kier alpha value is -5.19. The molecule has 0 saturated carbocycles. The Balaban J connectivity index is 1.43. The van der Waals surface area contributed by atoms with Crippen molar-refractivity contribution in [1.29, 1.82) is 0 Å². The van der Waals surface area contributed by atoms with Crippen molar-refractivity contribution >= 4 is 11.6 Å². The van der Waals surface area contributed by atoms with E-state index in [-0.39, 0.29) is 29.3 Å². The van der Waals surface area contributed by atoms with Gasteiger partial charge in [-0.05, 0) is 48.5 Å². The van der Waals surface area contributed by atoms with Crippen molar-refractivity contribution in [2.75, 3.05) is 0 Å². The van der Waals surface area contributed by atoms with Crippen LogP contribution in [0.15, 0.2) is 91.6 Å². The Bertz CT molecular complexity index is 1530. The largest absolute Gasteiger partial charge is 0.348 e. The number of carbonyl (C=O) groups excluding carboxylic acids is 1. The lowest BCUT2D eigenvalue weighted by Crippen LogP contribution is -2.23. The molecule has 0 radical (unpaired) electrons. The molecule has 0 aliphatic carbocycles. The molecule has 0 bridgehead atoms. The van der Waals surface area contributed by atoms with Crippen LogP contribution in [0.1, 0.15) is 15.9 Å². The number of halogens is 1. The Kier molecular flexibility index (Phi) is 6.02. The Labute approximate surface area is 203 Å². The zero-order valence-electron chi connectivity index (χ0n) is 18.7. The third-order valence-electron chi connectivity index (χ3n) is 5.47. The van der Waals surface area contributed by atoms with Crippen LogP contribution >= 0.6 is 0 Å². The van der Waals surface area contributed by atoms with E-state index in [1.807, 2.05) is 30.3 Å². The number of hydrogen-bond acceptors (Lipinski definition) is 6. The molecule has 178 valence electrons. The first kappa shape index (κ1) is 22.6. The van der Waals surface area contributed by atoms with Crippen molar-refractivity contribution in [2.45, 2.75) is 6.54 Å². The number of carbonyl (C=O) groups is 1. The topological polar surface area (TPSA) is 121 Å². The van der Waals surface area contributed by atoms with Gasteiger partial charge in [0.05, 0.1) is 16.3 Å². The Morgan fingerprint density at radius 2 is 1.81 bits per heavy atom. The summed E-state index contributed by atoms with van der Waals surface area (Å²) >= 11 is 0. The van der Waals surface area contributed by atoms with Gasteiger partial charge in [0.1, 0.15) is 24.2 Å². The van der Waals surface area contributed by atoms with Gasteiger partial charge in [0.25, 0.3) is 11.6 Å². The van der Waals surface area contributed by atoms with Crippen LogP contribution in [-0.4, -0.2) is 35.4 Å². The highest BCUT2D eigenvalue weighted by Crippen LogP contribution is 2.26. The molecule has 3 aromatic carbocycles. The fourth-order valence-electron chi connectivity index (χ4n) is 3.72. The first-order valence-electron chi connectivity index (χ1n) is 10.8. The van der Waals surface area contributed by atoms with Gasteiger partial charge in [0.2, 0.25) is 0 Å². The third-order valence-corrected chi connectivity index (χ3v) is 5.47. The molecule has 0 saturated heterocycles. The van der Waals surface area contributed by atoms with Crippen LogP contribution in [0.4, 0.5) is 10.1 Å². The van der Waals surface area contributed by atoms with Crippen LogP contribution < -0.4 is 5.32 Å². The van der Waals surface area contributed by atoms with Gasteiger partial charge < -0.3 is 5.32 Å². The number of rotatable bonds is 7. The maximum Gasteiger partial charge on any atom is 0.295 e. The summed E-state index contributed by atoms with van der Waals surface area (Å²) in [4.78, 5) is 27.7. The molecule has 0 aliphatic rings. The molecule has 0 unspecified atom stereocenters. The highest BCUT2D eigenvalue weighted by molar-refractivity contribution is 5.95. The molecule has 0 spiro atoms. The van der Waals surface area contributed by atoms with Crippen LogP contribution in [0.5, 0.6) is 0 Å². The number of nitro benzene ring substituents is 1. The summed E-state index contributed by atoms with van der Waals surface area (Å²) in [5.74, 6) is -0.868. The number of hydrogen-bond donors (Lipinski definition) is 1. The highest BCUT2D eigenvalue weighted by Gasteiger charge is 2.20. The van der Waals surface area contributed by atoms with Crippen LogP contribution in [-0.2, 0) is 6.54 Å². The first-order valence-corrected chi connectivity index (χ1v) is 10.8. The molecular weight excluding hydrogens is 465 g/mol. The predicted molar refractivity (Wildman–Crippen MR) is 128 cm³/mol.